The van der Waals surface area contributed by atoms with Crippen LogP contribution in [0.3, 0.4) is 0 Å². The van der Waals surface area contributed by atoms with Crippen LogP contribution in [0.15, 0.2) is 10.8 Å². The van der Waals surface area contributed by atoms with Crippen LogP contribution < -0.4 is 0 Å². The average Bonchev–Trinajstić information content (AvgIpc) is 2.37. The molecule has 0 spiro atoms. The Labute approximate surface area is 84.1 Å². The van der Waals surface area contributed by atoms with E-state index in [0.29, 0.717) is 12.0 Å². The van der Waals surface area contributed by atoms with Crippen LogP contribution in [-0.2, 0) is 0 Å². The Bertz CT molecular complexity index is 159. The maximum Gasteiger partial charge on any atom is 0.298 e. The summed E-state index contributed by atoms with van der Waals surface area (Å²) in [5, 5.41) is 4.97. The normalized spacial score (nSPS) is 16.7. The van der Waals surface area contributed by atoms with Crippen LogP contribution in [0.5, 0.6) is 0 Å². The summed E-state index contributed by atoms with van der Waals surface area (Å²) in [6.07, 6.45) is 0. The predicted octanol–water partition coefficient (Wildman–Crippen LogP) is 1.12. The summed E-state index contributed by atoms with van der Waals surface area (Å²) >= 11 is 3.81. The first-order chi connectivity index (χ1) is 5.63. The van der Waals surface area contributed by atoms with Crippen molar-refractivity contribution >= 4 is 35.3 Å². The van der Waals surface area contributed by atoms with Crippen molar-refractivity contribution in [3.8, 4) is 0 Å². The Morgan fingerprint density at radius 3 is 1.75 bits per heavy atom. The molecule has 1 aliphatic rings. The lowest BCUT2D eigenvalue weighted by atomic mass is 9.48. The fourth-order valence-electron chi connectivity index (χ4n) is 1.34. The summed E-state index contributed by atoms with van der Waals surface area (Å²) < 4.78 is 0. The van der Waals surface area contributed by atoms with Gasteiger partial charge in [-0.05, 0) is 39.0 Å². The third-order valence-electron chi connectivity index (χ3n) is 1.78. The molecule has 1 aliphatic heterocycles. The van der Waals surface area contributed by atoms with E-state index < -0.39 is 0 Å². The molecular weight excluding hydrogens is 186 g/mol. The van der Waals surface area contributed by atoms with Crippen molar-refractivity contribution in [1.82, 2.24) is 9.62 Å². The van der Waals surface area contributed by atoms with E-state index in [1.165, 1.54) is 0 Å². The number of hydrogen-bond donors (Lipinski definition) is 0. The van der Waals surface area contributed by atoms with Gasteiger partial charge in [0, 0.05) is 0 Å². The van der Waals surface area contributed by atoms with Gasteiger partial charge in [-0.25, -0.2) is 0 Å². The molecule has 0 saturated carbocycles. The molecule has 0 aromatic carbocycles. The fraction of sp³-hybridized carbons (Fsp3) is 0.667. The second kappa shape index (κ2) is 4.65. The van der Waals surface area contributed by atoms with Crippen molar-refractivity contribution < 1.29 is 0 Å². The van der Waals surface area contributed by atoms with E-state index in [-0.39, 0.29) is 0 Å². The zero-order chi connectivity index (χ0) is 9.14. The van der Waals surface area contributed by atoms with Crippen molar-refractivity contribution in [2.75, 3.05) is 28.2 Å². The second-order valence-electron chi connectivity index (χ2n) is 3.25. The van der Waals surface area contributed by atoms with E-state index in [9.17, 15) is 0 Å². The second-order valence-corrected chi connectivity index (χ2v) is 5.66. The van der Waals surface area contributed by atoms with Crippen LogP contribution >= 0.6 is 23.2 Å². The van der Waals surface area contributed by atoms with Crippen LogP contribution in [0.25, 0.3) is 0 Å². The topological polar surface area (TPSA) is 6.48 Å². The van der Waals surface area contributed by atoms with E-state index in [2.05, 4.69) is 48.6 Å². The molecule has 12 heavy (non-hydrogen) atoms. The average molecular weight is 200 g/mol. The maximum atomic E-state index is 2.26. The van der Waals surface area contributed by atoms with Gasteiger partial charge in [-0.3, -0.25) is 0 Å². The minimum Gasteiger partial charge on any atom is -0.338 e. The largest absolute Gasteiger partial charge is 0.338 e. The third-order valence-corrected chi connectivity index (χ3v) is 4.23. The molecule has 2 nitrogen and oxygen atoms in total. The Morgan fingerprint density at radius 2 is 1.42 bits per heavy atom. The molecule has 0 fully saturated rings. The van der Waals surface area contributed by atoms with Gasteiger partial charge in [-0.1, -0.05) is 0 Å². The van der Waals surface area contributed by atoms with E-state index in [4.69, 9.17) is 0 Å². The van der Waals surface area contributed by atoms with Crippen LogP contribution in [0.1, 0.15) is 0 Å². The van der Waals surface area contributed by atoms with Gasteiger partial charge in [0.1, 0.15) is 0 Å². The first-order valence-corrected chi connectivity index (χ1v) is 5.80. The zero-order valence-electron chi connectivity index (χ0n) is 8.02. The van der Waals surface area contributed by atoms with Crippen molar-refractivity contribution in [1.29, 1.82) is 0 Å². The molecule has 6 heteroatoms. The van der Waals surface area contributed by atoms with Crippen molar-refractivity contribution in [3.05, 3.63) is 10.8 Å². The zero-order valence-corrected chi connectivity index (χ0v) is 9.65. The SMILES string of the molecule is CN(C)B(B1SC=CS1)N(C)C. The van der Waals surface area contributed by atoms with Gasteiger partial charge >= 0.3 is 0 Å². The van der Waals surface area contributed by atoms with Gasteiger partial charge in [0.25, 0.3) is 12.0 Å². The smallest absolute Gasteiger partial charge is 0.298 e. The molecule has 0 aromatic heterocycles. The first-order valence-electron chi connectivity index (χ1n) is 3.91. The monoisotopic (exact) mass is 200 g/mol. The van der Waals surface area contributed by atoms with E-state index >= 15 is 0 Å². The first kappa shape index (κ1) is 10.6. The van der Waals surface area contributed by atoms with Gasteiger partial charge in [-0.15, -0.1) is 0 Å². The fourth-order valence-corrected chi connectivity index (χ4v) is 4.06. The maximum absolute atomic E-state index is 2.26. The van der Waals surface area contributed by atoms with Crippen LogP contribution in [0, 0.1) is 0 Å². The van der Waals surface area contributed by atoms with E-state index in [1.807, 2.05) is 23.2 Å². The third kappa shape index (κ3) is 2.49. The van der Waals surface area contributed by atoms with Gasteiger partial charge in [0.2, 0.25) is 0 Å². The van der Waals surface area contributed by atoms with Gasteiger partial charge in [-0.2, -0.15) is 23.2 Å². The summed E-state index contributed by atoms with van der Waals surface area (Å²) in [5.41, 5.74) is 0. The Hall–Kier alpha value is 0.490. The molecule has 0 aliphatic carbocycles. The summed E-state index contributed by atoms with van der Waals surface area (Å²) in [4.78, 5) is 4.52. The highest BCUT2D eigenvalue weighted by Crippen LogP contribution is 2.31. The molecule has 1 rings (SSSR count). The van der Waals surface area contributed by atoms with Crippen molar-refractivity contribution in [3.63, 3.8) is 0 Å². The molecule has 0 radical (unpaired) electrons. The molecular formula is C6H14B2N2S2. The Kier molecular flexibility index (Phi) is 4.10. The quantitative estimate of drug-likeness (QED) is 0.629. The number of rotatable bonds is 3. The lowest BCUT2D eigenvalue weighted by Gasteiger charge is -2.28. The molecule has 0 bridgehead atoms. The summed E-state index contributed by atoms with van der Waals surface area (Å²) in [6, 6.07) is 0. The highest BCUT2D eigenvalue weighted by molar-refractivity contribution is 8.63. The lowest BCUT2D eigenvalue weighted by Crippen LogP contribution is -2.53. The molecule has 0 atom stereocenters. The molecule has 66 valence electrons. The van der Waals surface area contributed by atoms with E-state index in [1.54, 1.807) is 0 Å². The minimum absolute atomic E-state index is 0.509. The van der Waals surface area contributed by atoms with Crippen molar-refractivity contribution in [2.24, 2.45) is 0 Å². The highest BCUT2D eigenvalue weighted by Gasteiger charge is 2.36. The van der Waals surface area contributed by atoms with Crippen LogP contribution in [0.4, 0.5) is 0 Å². The lowest BCUT2D eigenvalue weighted by molar-refractivity contribution is 0.538. The Morgan fingerprint density at radius 1 is 1.00 bits per heavy atom. The number of nitrogens with zero attached hydrogens (tertiary/aromatic N) is 2. The molecule has 0 N–H and O–H groups in total. The van der Waals surface area contributed by atoms with Crippen molar-refractivity contribution in [2.45, 2.75) is 0 Å². The summed E-state index contributed by atoms with van der Waals surface area (Å²) in [5.74, 6) is 0. The summed E-state index contributed by atoms with van der Waals surface area (Å²) in [7, 11) is 8.52. The summed E-state index contributed by atoms with van der Waals surface area (Å²) in [6.45, 7) is 0.509. The molecule has 0 unspecified atom stereocenters. The standard InChI is InChI=1S/C6H14B2N2S2/c1-9(2)7(10(3)4)8-11-5-6-12-8/h5-6H,1-4H3. The molecule has 0 aromatic rings. The van der Waals surface area contributed by atoms with Gasteiger partial charge < -0.3 is 9.62 Å². The highest BCUT2D eigenvalue weighted by atomic mass is 32.2. The Balaban J connectivity index is 2.53. The van der Waals surface area contributed by atoms with Crippen LogP contribution in [0.2, 0.25) is 0 Å². The molecule has 0 saturated heterocycles. The number of hydrogen-bond acceptors (Lipinski definition) is 4. The van der Waals surface area contributed by atoms with Crippen LogP contribution in [-0.4, -0.2) is 49.8 Å². The molecule has 1 heterocycles. The van der Waals surface area contributed by atoms with E-state index in [0.717, 1.165) is 0 Å². The van der Waals surface area contributed by atoms with Gasteiger partial charge in [0.15, 0.2) is 0 Å². The predicted molar refractivity (Wildman–Crippen MR) is 63.2 cm³/mol. The molecule has 0 amide bonds. The minimum atomic E-state index is 0.509. The van der Waals surface area contributed by atoms with Gasteiger partial charge in [0.05, 0.1) is 0 Å².